The molecule has 1 fully saturated rings. The molecule has 1 N–H and O–H groups in total. The number of nitrogens with one attached hydrogen (secondary N) is 1. The molecule has 0 amide bonds. The minimum Gasteiger partial charge on any atom is -0.354 e. The van der Waals surface area contributed by atoms with Gasteiger partial charge in [0.15, 0.2) is 0 Å². The molecule has 0 spiro atoms. The summed E-state index contributed by atoms with van der Waals surface area (Å²) in [5.74, 6) is 7.26. The number of nitrogens with zero attached hydrogens (tertiary/aromatic N) is 3. The van der Waals surface area contributed by atoms with Crippen molar-refractivity contribution in [3.05, 3.63) is 53.0 Å². The van der Waals surface area contributed by atoms with Gasteiger partial charge in [0.05, 0.1) is 5.56 Å². The van der Waals surface area contributed by atoms with Crippen LogP contribution in [0.25, 0.3) is 0 Å². The van der Waals surface area contributed by atoms with E-state index in [2.05, 4.69) is 40.9 Å². The van der Waals surface area contributed by atoms with Crippen LogP contribution in [0.1, 0.15) is 57.4 Å². The fraction of sp³-hybridized carbons (Fsp3) is 0.435. The molecule has 5 nitrogen and oxygen atoms in total. The van der Waals surface area contributed by atoms with Crippen LogP contribution in [-0.4, -0.2) is 41.4 Å². The van der Waals surface area contributed by atoms with Crippen molar-refractivity contribution >= 4 is 11.6 Å². The Labute approximate surface area is 170 Å². The molecule has 0 aromatic carbocycles. The van der Waals surface area contributed by atoms with Gasteiger partial charge in [-0.2, -0.15) is 0 Å². The summed E-state index contributed by atoms with van der Waals surface area (Å²) in [6.45, 7) is 10.8. The zero-order valence-corrected chi connectivity index (χ0v) is 17.1. The van der Waals surface area contributed by atoms with E-state index < -0.39 is 0 Å². The van der Waals surface area contributed by atoms with Crippen LogP contribution < -0.4 is 10.2 Å². The molecule has 0 unspecified atom stereocenters. The van der Waals surface area contributed by atoms with Gasteiger partial charge in [-0.05, 0) is 50.5 Å². The van der Waals surface area contributed by atoms with Gasteiger partial charge in [-0.25, -0.2) is 4.98 Å². The Morgan fingerprint density at radius 3 is 2.93 bits per heavy atom. The minimum atomic E-state index is -0.126. The van der Waals surface area contributed by atoms with Crippen LogP contribution in [0.2, 0.25) is 0 Å². The molecule has 3 rings (SSSR count). The number of hydrogen-bond acceptors (Lipinski definition) is 5. The van der Waals surface area contributed by atoms with Gasteiger partial charge in [0, 0.05) is 46.0 Å². The first-order valence-corrected chi connectivity index (χ1v) is 9.88. The number of piperazine rings is 1. The van der Waals surface area contributed by atoms with Gasteiger partial charge in [0.1, 0.15) is 11.5 Å². The largest absolute Gasteiger partial charge is 0.354 e. The highest BCUT2D eigenvalue weighted by molar-refractivity contribution is 6.10. The van der Waals surface area contributed by atoms with E-state index in [0.29, 0.717) is 34.5 Å². The summed E-state index contributed by atoms with van der Waals surface area (Å²) in [7, 11) is 0. The van der Waals surface area contributed by atoms with Gasteiger partial charge in [-0.3, -0.25) is 9.78 Å². The number of hydrogen-bond donors (Lipinski definition) is 1. The fourth-order valence-electron chi connectivity index (χ4n) is 3.65. The predicted octanol–water partition coefficient (Wildman–Crippen LogP) is 3.70. The van der Waals surface area contributed by atoms with E-state index in [1.54, 1.807) is 25.3 Å². The third kappa shape index (κ3) is 4.58. The molecule has 1 aliphatic rings. The number of anilines is 1. The molecule has 3 heterocycles. The van der Waals surface area contributed by atoms with Crippen LogP contribution in [0.3, 0.4) is 0 Å². The molecule has 1 aliphatic heterocycles. The normalized spacial score (nSPS) is 16.6. The van der Waals surface area contributed by atoms with Crippen LogP contribution in [0, 0.1) is 24.7 Å². The first-order valence-electron chi connectivity index (χ1n) is 9.88. The number of carbonyl (C=O) groups excluding carboxylic acids is 1. The van der Waals surface area contributed by atoms with Crippen molar-refractivity contribution in [2.45, 2.75) is 40.2 Å². The number of aryl methyl sites for hydroxylation is 1. The molecule has 5 heteroatoms. The van der Waals surface area contributed by atoms with E-state index in [-0.39, 0.29) is 8.64 Å². The summed E-state index contributed by atoms with van der Waals surface area (Å²) >= 11 is 0. The second-order valence-electron chi connectivity index (χ2n) is 7.63. The summed E-state index contributed by atoms with van der Waals surface area (Å²) in [6.07, 6.45) is 2.81. The highest BCUT2D eigenvalue weighted by atomic mass is 16.1. The standard InChI is InChI=1S/C23H28N4O.2H2/c1-5-7-18-9-10-21(27-13-12-25-19(15-27)14-16(2)3)26-22(18)23(28)20-8-6-11-24-17(20)4;;/h6,8-11,16,19,25H,12-15H2,1-4H3;2*1H/t19-;;/m0../s1. The van der Waals surface area contributed by atoms with Crippen molar-refractivity contribution in [3.63, 3.8) is 0 Å². The van der Waals surface area contributed by atoms with Crippen LogP contribution in [0.5, 0.6) is 0 Å². The summed E-state index contributed by atoms with van der Waals surface area (Å²) in [6, 6.07) is 7.90. The van der Waals surface area contributed by atoms with Crippen LogP contribution >= 0.6 is 0 Å². The second-order valence-corrected chi connectivity index (χ2v) is 7.63. The average Bonchev–Trinajstić information content (AvgIpc) is 2.68. The molecule has 0 saturated carbocycles. The van der Waals surface area contributed by atoms with E-state index >= 15 is 0 Å². The Balaban J connectivity index is 0.00000225. The van der Waals surface area contributed by atoms with Gasteiger partial charge in [-0.15, -0.1) is 5.92 Å². The monoisotopic (exact) mass is 380 g/mol. The Bertz CT molecular complexity index is 921. The molecular formula is C23H32N4O. The van der Waals surface area contributed by atoms with E-state index in [0.717, 1.165) is 31.9 Å². The smallest absolute Gasteiger partial charge is 0.214 e. The van der Waals surface area contributed by atoms with Crippen molar-refractivity contribution in [3.8, 4) is 11.8 Å². The highest BCUT2D eigenvalue weighted by Crippen LogP contribution is 2.21. The Kier molecular flexibility index (Phi) is 6.43. The number of aromatic nitrogens is 2. The molecule has 0 radical (unpaired) electrons. The zero-order chi connectivity index (χ0) is 20.1. The van der Waals surface area contributed by atoms with Gasteiger partial charge in [0.2, 0.25) is 5.78 Å². The van der Waals surface area contributed by atoms with E-state index in [1.165, 1.54) is 0 Å². The maximum absolute atomic E-state index is 13.2. The molecule has 150 valence electrons. The Morgan fingerprint density at radius 1 is 1.39 bits per heavy atom. The number of ketones is 1. The number of pyridine rings is 2. The zero-order valence-electron chi connectivity index (χ0n) is 17.1. The van der Waals surface area contributed by atoms with E-state index in [1.807, 2.05) is 19.1 Å². The molecular weight excluding hydrogens is 348 g/mol. The second kappa shape index (κ2) is 8.99. The van der Waals surface area contributed by atoms with Gasteiger partial charge < -0.3 is 10.2 Å². The number of carbonyl (C=O) groups is 1. The van der Waals surface area contributed by atoms with E-state index in [9.17, 15) is 4.79 Å². The van der Waals surface area contributed by atoms with Crippen molar-refractivity contribution in [2.75, 3.05) is 24.5 Å². The summed E-state index contributed by atoms with van der Waals surface area (Å²) < 4.78 is 0. The lowest BCUT2D eigenvalue weighted by atomic mass is 10.0. The molecule has 28 heavy (non-hydrogen) atoms. The number of rotatable bonds is 5. The first-order chi connectivity index (χ1) is 13.5. The van der Waals surface area contributed by atoms with Crippen molar-refractivity contribution in [1.29, 1.82) is 0 Å². The first kappa shape index (κ1) is 20.0. The van der Waals surface area contributed by atoms with Crippen molar-refractivity contribution in [2.24, 2.45) is 5.92 Å². The molecule has 0 aliphatic carbocycles. The third-order valence-corrected chi connectivity index (χ3v) is 4.94. The van der Waals surface area contributed by atoms with Crippen molar-refractivity contribution in [1.82, 2.24) is 15.3 Å². The molecule has 2 aromatic rings. The molecule has 1 atom stereocenters. The SMILES string of the molecule is CC#Cc1ccc(N2CCN[C@@H](CC(C)C)C2)nc1C(=O)c1cccnc1C.[HH].[HH]. The lowest BCUT2D eigenvalue weighted by Gasteiger charge is -2.35. The summed E-state index contributed by atoms with van der Waals surface area (Å²) in [4.78, 5) is 24.5. The Hall–Kier alpha value is -2.71. The maximum Gasteiger partial charge on any atom is 0.214 e. The Morgan fingerprint density at radius 2 is 2.21 bits per heavy atom. The summed E-state index contributed by atoms with van der Waals surface area (Å²) in [5.41, 5.74) is 2.34. The lowest BCUT2D eigenvalue weighted by Crippen LogP contribution is -2.51. The van der Waals surface area contributed by atoms with Crippen LogP contribution in [-0.2, 0) is 0 Å². The van der Waals surface area contributed by atoms with Crippen LogP contribution in [0.15, 0.2) is 30.5 Å². The topological polar surface area (TPSA) is 58.1 Å². The predicted molar refractivity (Wildman–Crippen MR) is 117 cm³/mol. The van der Waals surface area contributed by atoms with Crippen molar-refractivity contribution < 1.29 is 7.65 Å². The maximum atomic E-state index is 13.2. The third-order valence-electron chi connectivity index (χ3n) is 4.94. The summed E-state index contributed by atoms with van der Waals surface area (Å²) in [5, 5.41) is 3.59. The van der Waals surface area contributed by atoms with Gasteiger partial charge >= 0.3 is 0 Å². The lowest BCUT2D eigenvalue weighted by molar-refractivity contribution is 0.103. The minimum absolute atomic E-state index is 0. The molecule has 1 saturated heterocycles. The average molecular weight is 381 g/mol. The quantitative estimate of drug-likeness (QED) is 0.633. The molecule has 0 bridgehead atoms. The fourth-order valence-corrected chi connectivity index (χ4v) is 3.65. The van der Waals surface area contributed by atoms with Gasteiger partial charge in [0.25, 0.3) is 0 Å². The molecule has 2 aromatic heterocycles. The van der Waals surface area contributed by atoms with E-state index in [4.69, 9.17) is 4.98 Å². The highest BCUT2D eigenvalue weighted by Gasteiger charge is 2.23. The van der Waals surface area contributed by atoms with Gasteiger partial charge in [-0.1, -0.05) is 19.8 Å². The van der Waals surface area contributed by atoms with Crippen LogP contribution in [0.4, 0.5) is 5.82 Å².